The number of rotatable bonds is 3. The maximum absolute atomic E-state index is 10.8. The van der Waals surface area contributed by atoms with E-state index in [1.54, 1.807) is 0 Å². The summed E-state index contributed by atoms with van der Waals surface area (Å²) in [5, 5.41) is 2.68. The van der Waals surface area contributed by atoms with Crippen LogP contribution in [0.25, 0.3) is 0 Å². The van der Waals surface area contributed by atoms with E-state index in [4.69, 9.17) is 4.74 Å². The highest BCUT2D eigenvalue weighted by Crippen LogP contribution is 2.02. The van der Waals surface area contributed by atoms with Crippen molar-refractivity contribution in [1.82, 2.24) is 5.32 Å². The first-order valence-corrected chi connectivity index (χ1v) is 3.63. The number of carbonyl (C=O) groups is 2. The lowest BCUT2D eigenvalue weighted by atomic mass is 10.2. The van der Waals surface area contributed by atoms with Crippen LogP contribution in [-0.4, -0.2) is 31.4 Å². The van der Waals surface area contributed by atoms with Gasteiger partial charge in [-0.05, 0) is 6.42 Å². The highest BCUT2D eigenvalue weighted by atomic mass is 16.5. The molecular weight excluding hydrogens is 146 g/mol. The summed E-state index contributed by atoms with van der Waals surface area (Å²) in [7, 11) is 0. The topological polar surface area (TPSA) is 55.4 Å². The fraction of sp³-hybridized carbons (Fsp3) is 0.714. The Kier molecular flexibility index (Phi) is 3.04. The fourth-order valence-corrected chi connectivity index (χ4v) is 1.01. The molecule has 11 heavy (non-hydrogen) atoms. The summed E-state index contributed by atoms with van der Waals surface area (Å²) in [6.45, 7) is 1.27. The standard InChI is InChI=1S/C7H11NO3/c9-3-1-7(10)8-6-2-4-11-5-6/h3,6H,1-2,4-5H2,(H,8,10)/t6-/m1/s1. The zero-order valence-corrected chi connectivity index (χ0v) is 6.21. The lowest BCUT2D eigenvalue weighted by Gasteiger charge is -2.07. The van der Waals surface area contributed by atoms with Crippen LogP contribution >= 0.6 is 0 Å². The molecule has 1 saturated heterocycles. The quantitative estimate of drug-likeness (QED) is 0.443. The lowest BCUT2D eigenvalue weighted by molar-refractivity contribution is -0.124. The van der Waals surface area contributed by atoms with E-state index in [0.717, 1.165) is 6.42 Å². The predicted molar refractivity (Wildman–Crippen MR) is 38.0 cm³/mol. The second-order valence-corrected chi connectivity index (χ2v) is 2.50. The van der Waals surface area contributed by atoms with Crippen molar-refractivity contribution in [3.63, 3.8) is 0 Å². The highest BCUT2D eigenvalue weighted by Gasteiger charge is 2.16. The first kappa shape index (κ1) is 8.20. The van der Waals surface area contributed by atoms with Crippen LogP contribution in [0, 0.1) is 0 Å². The van der Waals surface area contributed by atoms with Crippen molar-refractivity contribution in [3.8, 4) is 0 Å². The van der Waals surface area contributed by atoms with Crippen molar-refractivity contribution >= 4 is 12.2 Å². The van der Waals surface area contributed by atoms with Gasteiger partial charge in [-0.1, -0.05) is 0 Å². The largest absolute Gasteiger partial charge is 0.379 e. The Bertz CT molecular complexity index is 152. The normalized spacial score (nSPS) is 23.1. The molecule has 4 heteroatoms. The maximum Gasteiger partial charge on any atom is 0.227 e. The van der Waals surface area contributed by atoms with Crippen molar-refractivity contribution in [2.24, 2.45) is 0 Å². The van der Waals surface area contributed by atoms with Gasteiger partial charge in [0.2, 0.25) is 5.91 Å². The number of carbonyl (C=O) groups excluding carboxylic acids is 2. The summed E-state index contributed by atoms with van der Waals surface area (Å²) in [6.07, 6.45) is 1.41. The number of aldehydes is 1. The van der Waals surface area contributed by atoms with E-state index < -0.39 is 0 Å². The molecule has 0 aromatic rings. The van der Waals surface area contributed by atoms with Gasteiger partial charge >= 0.3 is 0 Å². The third-order valence-electron chi connectivity index (χ3n) is 1.56. The molecule has 1 N–H and O–H groups in total. The molecule has 1 heterocycles. The van der Waals surface area contributed by atoms with E-state index in [1.165, 1.54) is 0 Å². The van der Waals surface area contributed by atoms with Crippen molar-refractivity contribution < 1.29 is 14.3 Å². The van der Waals surface area contributed by atoms with Gasteiger partial charge in [0.1, 0.15) is 6.29 Å². The molecule has 0 aliphatic carbocycles. The number of hydrogen-bond acceptors (Lipinski definition) is 3. The van der Waals surface area contributed by atoms with Crippen molar-refractivity contribution in [2.75, 3.05) is 13.2 Å². The Morgan fingerprint density at radius 1 is 1.73 bits per heavy atom. The van der Waals surface area contributed by atoms with E-state index in [-0.39, 0.29) is 18.4 Å². The maximum atomic E-state index is 10.8. The summed E-state index contributed by atoms with van der Waals surface area (Å²) in [4.78, 5) is 20.7. The Balaban J connectivity index is 2.18. The summed E-state index contributed by atoms with van der Waals surface area (Å²) < 4.78 is 5.03. The molecule has 0 radical (unpaired) electrons. The fourth-order valence-electron chi connectivity index (χ4n) is 1.01. The van der Waals surface area contributed by atoms with Crippen molar-refractivity contribution in [3.05, 3.63) is 0 Å². The van der Waals surface area contributed by atoms with Crippen LogP contribution in [0.2, 0.25) is 0 Å². The van der Waals surface area contributed by atoms with E-state index >= 15 is 0 Å². The third kappa shape index (κ3) is 2.67. The van der Waals surface area contributed by atoms with Crippen LogP contribution in [0.5, 0.6) is 0 Å². The molecule has 1 aliphatic heterocycles. The van der Waals surface area contributed by atoms with Crippen LogP contribution in [0.15, 0.2) is 0 Å². The summed E-state index contributed by atoms with van der Waals surface area (Å²) in [6, 6.07) is 0.113. The summed E-state index contributed by atoms with van der Waals surface area (Å²) in [5.41, 5.74) is 0. The van der Waals surface area contributed by atoms with Gasteiger partial charge in [-0.3, -0.25) is 4.79 Å². The average molecular weight is 157 g/mol. The molecule has 1 amide bonds. The minimum absolute atomic E-state index is 0.0451. The van der Waals surface area contributed by atoms with Crippen LogP contribution in [0.4, 0.5) is 0 Å². The minimum atomic E-state index is -0.212. The van der Waals surface area contributed by atoms with Crippen LogP contribution < -0.4 is 5.32 Å². The average Bonchev–Trinajstić information content (AvgIpc) is 2.40. The molecule has 0 spiro atoms. The van der Waals surface area contributed by atoms with Gasteiger partial charge in [-0.2, -0.15) is 0 Å². The van der Waals surface area contributed by atoms with Gasteiger partial charge in [0, 0.05) is 6.61 Å². The Labute approximate surface area is 64.9 Å². The molecule has 0 saturated carbocycles. The van der Waals surface area contributed by atoms with Crippen LogP contribution in [-0.2, 0) is 14.3 Å². The molecule has 0 unspecified atom stereocenters. The molecule has 62 valence electrons. The molecule has 0 aromatic heterocycles. The van der Waals surface area contributed by atoms with Gasteiger partial charge in [0.15, 0.2) is 0 Å². The summed E-state index contributed by atoms with van der Waals surface area (Å²) in [5.74, 6) is -0.212. The van der Waals surface area contributed by atoms with E-state index in [1.807, 2.05) is 0 Å². The van der Waals surface area contributed by atoms with Crippen molar-refractivity contribution in [1.29, 1.82) is 0 Å². The number of ether oxygens (including phenoxy) is 1. The number of hydrogen-bond donors (Lipinski definition) is 1. The predicted octanol–water partition coefficient (Wildman–Crippen LogP) is -0.520. The second kappa shape index (κ2) is 4.08. The van der Waals surface area contributed by atoms with Gasteiger partial charge in [0.25, 0.3) is 0 Å². The monoisotopic (exact) mass is 157 g/mol. The highest BCUT2D eigenvalue weighted by molar-refractivity contribution is 5.88. The van der Waals surface area contributed by atoms with Crippen molar-refractivity contribution in [2.45, 2.75) is 18.9 Å². The third-order valence-corrected chi connectivity index (χ3v) is 1.56. The number of amides is 1. The smallest absolute Gasteiger partial charge is 0.227 e. The van der Waals surface area contributed by atoms with Gasteiger partial charge in [-0.15, -0.1) is 0 Å². The minimum Gasteiger partial charge on any atom is -0.379 e. The molecule has 1 aliphatic rings. The molecule has 4 nitrogen and oxygen atoms in total. The first-order valence-electron chi connectivity index (χ1n) is 3.63. The van der Waals surface area contributed by atoms with E-state index in [0.29, 0.717) is 19.5 Å². The zero-order chi connectivity index (χ0) is 8.10. The molecule has 1 rings (SSSR count). The Morgan fingerprint density at radius 3 is 3.09 bits per heavy atom. The zero-order valence-electron chi connectivity index (χ0n) is 6.21. The van der Waals surface area contributed by atoms with Gasteiger partial charge in [-0.25, -0.2) is 0 Å². The van der Waals surface area contributed by atoms with E-state index in [9.17, 15) is 9.59 Å². The second-order valence-electron chi connectivity index (χ2n) is 2.50. The molecule has 0 aromatic carbocycles. The lowest BCUT2D eigenvalue weighted by Crippen LogP contribution is -2.34. The molecule has 0 bridgehead atoms. The first-order chi connectivity index (χ1) is 5.33. The summed E-state index contributed by atoms with van der Waals surface area (Å²) >= 11 is 0. The Morgan fingerprint density at radius 2 is 2.55 bits per heavy atom. The SMILES string of the molecule is O=CCC(=O)N[C@@H]1CCOC1. The molecule has 1 atom stereocenters. The van der Waals surface area contributed by atoms with Crippen LogP contribution in [0.3, 0.4) is 0 Å². The molecule has 1 fully saturated rings. The Hall–Kier alpha value is -0.900. The molecular formula is C7H11NO3. The van der Waals surface area contributed by atoms with Crippen LogP contribution in [0.1, 0.15) is 12.8 Å². The number of nitrogens with one attached hydrogen (secondary N) is 1. The van der Waals surface area contributed by atoms with E-state index in [2.05, 4.69) is 5.32 Å². The van der Waals surface area contributed by atoms with Gasteiger partial charge < -0.3 is 14.8 Å². The van der Waals surface area contributed by atoms with Gasteiger partial charge in [0.05, 0.1) is 19.1 Å².